The molecule has 1 amide bonds. The van der Waals surface area contributed by atoms with Gasteiger partial charge in [0.05, 0.1) is 28.8 Å². The third-order valence-corrected chi connectivity index (χ3v) is 5.17. The number of rotatable bonds is 2. The number of nitrogens with one attached hydrogen (secondary N) is 1. The normalized spacial score (nSPS) is 25.2. The highest BCUT2D eigenvalue weighted by molar-refractivity contribution is 7.91. The maximum absolute atomic E-state index is 13.0. The van der Waals surface area contributed by atoms with E-state index in [-0.39, 0.29) is 22.2 Å². The third-order valence-electron chi connectivity index (χ3n) is 2.97. The van der Waals surface area contributed by atoms with Crippen LogP contribution >= 0.6 is 11.6 Å². The monoisotopic (exact) mass is 306 g/mol. The molecule has 2 rings (SSSR count). The van der Waals surface area contributed by atoms with Crippen molar-refractivity contribution in [3.63, 3.8) is 0 Å². The van der Waals surface area contributed by atoms with Crippen molar-refractivity contribution in [1.82, 2.24) is 10.3 Å². The molecule has 1 unspecified atom stereocenters. The molecule has 19 heavy (non-hydrogen) atoms. The van der Waals surface area contributed by atoms with Crippen LogP contribution in [0.4, 0.5) is 4.39 Å². The summed E-state index contributed by atoms with van der Waals surface area (Å²) in [4.78, 5) is 15.5. The largest absolute Gasteiger partial charge is 0.346 e. The van der Waals surface area contributed by atoms with E-state index in [1.54, 1.807) is 6.92 Å². The van der Waals surface area contributed by atoms with Crippen molar-refractivity contribution in [2.24, 2.45) is 0 Å². The van der Waals surface area contributed by atoms with E-state index in [1.165, 1.54) is 0 Å². The summed E-state index contributed by atoms with van der Waals surface area (Å²) in [7, 11) is -3.14. The van der Waals surface area contributed by atoms with Crippen LogP contribution in [0.1, 0.15) is 23.7 Å². The summed E-state index contributed by atoms with van der Waals surface area (Å²) in [5.74, 6) is -1.42. The van der Waals surface area contributed by atoms with Crippen LogP contribution in [0.25, 0.3) is 0 Å². The van der Waals surface area contributed by atoms with Crippen molar-refractivity contribution in [2.45, 2.75) is 18.9 Å². The van der Waals surface area contributed by atoms with E-state index in [1.807, 2.05) is 0 Å². The van der Waals surface area contributed by atoms with Crippen molar-refractivity contribution in [3.8, 4) is 0 Å². The zero-order valence-electron chi connectivity index (χ0n) is 10.1. The second-order valence-electron chi connectivity index (χ2n) is 4.85. The van der Waals surface area contributed by atoms with Gasteiger partial charge < -0.3 is 5.32 Å². The molecule has 1 fully saturated rings. The molecule has 1 aromatic heterocycles. The Bertz CT molecular complexity index is 635. The minimum Gasteiger partial charge on any atom is -0.346 e. The predicted molar refractivity (Wildman–Crippen MR) is 68.3 cm³/mol. The first kappa shape index (κ1) is 14.2. The summed E-state index contributed by atoms with van der Waals surface area (Å²) in [6.07, 6.45) is 1.22. The highest BCUT2D eigenvalue weighted by Gasteiger charge is 2.39. The Morgan fingerprint density at radius 1 is 1.58 bits per heavy atom. The topological polar surface area (TPSA) is 76.1 Å². The molecule has 0 radical (unpaired) electrons. The summed E-state index contributed by atoms with van der Waals surface area (Å²) in [5.41, 5.74) is -0.960. The van der Waals surface area contributed by atoms with E-state index in [2.05, 4.69) is 10.3 Å². The van der Waals surface area contributed by atoms with E-state index in [0.717, 1.165) is 12.3 Å². The van der Waals surface area contributed by atoms with Crippen molar-refractivity contribution in [1.29, 1.82) is 0 Å². The predicted octanol–water partition coefficient (Wildman–Crippen LogP) is 1.18. The molecule has 0 bridgehead atoms. The molecule has 2 heterocycles. The lowest BCUT2D eigenvalue weighted by molar-refractivity contribution is 0.0914. The average Bonchev–Trinajstić information content (AvgIpc) is 2.56. The van der Waals surface area contributed by atoms with Crippen LogP contribution in [-0.4, -0.2) is 36.4 Å². The molecule has 0 aromatic carbocycles. The minimum absolute atomic E-state index is 0.0267. The quantitative estimate of drug-likeness (QED) is 0.833. The lowest BCUT2D eigenvalue weighted by atomic mass is 10.0. The zero-order chi connectivity index (χ0) is 14.3. The first-order valence-corrected chi connectivity index (χ1v) is 7.75. The summed E-state index contributed by atoms with van der Waals surface area (Å²) in [5, 5.41) is 2.46. The maximum Gasteiger partial charge on any atom is 0.254 e. The number of halogens is 2. The number of hydrogen-bond donors (Lipinski definition) is 1. The van der Waals surface area contributed by atoms with Gasteiger partial charge in [-0.05, 0) is 19.4 Å². The van der Waals surface area contributed by atoms with Crippen LogP contribution in [0, 0.1) is 5.82 Å². The van der Waals surface area contributed by atoms with Gasteiger partial charge in [-0.15, -0.1) is 0 Å². The second-order valence-corrected chi connectivity index (χ2v) is 7.39. The number of sulfone groups is 1. The zero-order valence-corrected chi connectivity index (χ0v) is 11.7. The number of aromatic nitrogens is 1. The van der Waals surface area contributed by atoms with Gasteiger partial charge in [-0.3, -0.25) is 4.79 Å². The minimum atomic E-state index is -3.14. The van der Waals surface area contributed by atoms with Crippen molar-refractivity contribution >= 4 is 27.3 Å². The Labute approximate surface area is 115 Å². The van der Waals surface area contributed by atoms with E-state index in [9.17, 15) is 17.6 Å². The molecule has 8 heteroatoms. The molecular weight excluding hydrogens is 295 g/mol. The highest BCUT2D eigenvalue weighted by Crippen LogP contribution is 2.24. The molecule has 1 saturated heterocycles. The van der Waals surface area contributed by atoms with Gasteiger partial charge in [0, 0.05) is 0 Å². The molecule has 104 valence electrons. The van der Waals surface area contributed by atoms with E-state index in [0.29, 0.717) is 6.42 Å². The lowest BCUT2D eigenvalue weighted by Gasteiger charge is -2.23. The smallest absolute Gasteiger partial charge is 0.254 e. The van der Waals surface area contributed by atoms with Gasteiger partial charge in [-0.25, -0.2) is 17.8 Å². The van der Waals surface area contributed by atoms with Crippen LogP contribution in [0.2, 0.25) is 5.15 Å². The van der Waals surface area contributed by atoms with Crippen LogP contribution in [-0.2, 0) is 9.84 Å². The first-order valence-electron chi connectivity index (χ1n) is 5.55. The van der Waals surface area contributed by atoms with Crippen LogP contribution < -0.4 is 5.32 Å². The SMILES string of the molecule is CC1(NC(=O)c2cc(F)cnc2Cl)CCS(=O)(=O)C1. The Balaban J connectivity index is 2.20. The molecule has 1 atom stereocenters. The van der Waals surface area contributed by atoms with Crippen LogP contribution in [0.3, 0.4) is 0 Å². The number of amides is 1. The number of hydrogen-bond acceptors (Lipinski definition) is 4. The number of carbonyl (C=O) groups excluding carboxylic acids is 1. The molecule has 0 saturated carbocycles. The molecule has 0 spiro atoms. The number of pyridine rings is 1. The first-order chi connectivity index (χ1) is 8.71. The summed E-state index contributed by atoms with van der Waals surface area (Å²) in [6, 6.07) is 0.970. The number of nitrogens with zero attached hydrogens (tertiary/aromatic N) is 1. The molecule has 1 aromatic rings. The summed E-state index contributed by atoms with van der Waals surface area (Å²) >= 11 is 5.72. The summed E-state index contributed by atoms with van der Waals surface area (Å²) in [6.45, 7) is 1.64. The van der Waals surface area contributed by atoms with Gasteiger partial charge in [-0.2, -0.15) is 0 Å². The van der Waals surface area contributed by atoms with Gasteiger partial charge in [0.1, 0.15) is 11.0 Å². The average molecular weight is 307 g/mol. The van der Waals surface area contributed by atoms with Crippen molar-refractivity contribution in [3.05, 3.63) is 28.8 Å². The molecule has 1 aliphatic rings. The van der Waals surface area contributed by atoms with Gasteiger partial charge in [-0.1, -0.05) is 11.6 Å². The lowest BCUT2D eigenvalue weighted by Crippen LogP contribution is -2.47. The van der Waals surface area contributed by atoms with Gasteiger partial charge >= 0.3 is 0 Å². The molecule has 1 N–H and O–H groups in total. The van der Waals surface area contributed by atoms with Crippen LogP contribution in [0.15, 0.2) is 12.3 Å². The second kappa shape index (κ2) is 4.72. The highest BCUT2D eigenvalue weighted by atomic mass is 35.5. The fourth-order valence-corrected chi connectivity index (χ4v) is 4.31. The standard InChI is InChI=1S/C11H12ClFN2O3S/c1-11(2-3-19(17,18)6-11)15-10(16)8-4-7(13)5-14-9(8)12/h4-5H,2-3,6H2,1H3,(H,15,16). The van der Waals surface area contributed by atoms with Gasteiger partial charge in [0.25, 0.3) is 5.91 Å². The maximum atomic E-state index is 13.0. The number of carbonyl (C=O) groups is 1. The molecule has 1 aliphatic heterocycles. The summed E-state index contributed by atoms with van der Waals surface area (Å²) < 4.78 is 35.9. The Morgan fingerprint density at radius 2 is 2.26 bits per heavy atom. The third kappa shape index (κ3) is 3.22. The van der Waals surface area contributed by atoms with Crippen molar-refractivity contribution < 1.29 is 17.6 Å². The molecule has 0 aliphatic carbocycles. The fraction of sp³-hybridized carbons (Fsp3) is 0.455. The fourth-order valence-electron chi connectivity index (χ4n) is 2.03. The van der Waals surface area contributed by atoms with E-state index >= 15 is 0 Å². The van der Waals surface area contributed by atoms with Crippen LogP contribution in [0.5, 0.6) is 0 Å². The Hall–Kier alpha value is -1.21. The van der Waals surface area contributed by atoms with E-state index < -0.39 is 27.1 Å². The van der Waals surface area contributed by atoms with Gasteiger partial charge in [0.15, 0.2) is 9.84 Å². The Morgan fingerprint density at radius 3 is 2.84 bits per heavy atom. The van der Waals surface area contributed by atoms with Gasteiger partial charge in [0.2, 0.25) is 0 Å². The molecular formula is C11H12ClFN2O3S. The van der Waals surface area contributed by atoms with E-state index in [4.69, 9.17) is 11.6 Å². The Kier molecular flexibility index (Phi) is 3.53. The van der Waals surface area contributed by atoms with Crippen molar-refractivity contribution in [2.75, 3.05) is 11.5 Å². The molecule has 5 nitrogen and oxygen atoms in total.